The number of methoxy groups -OCH3 is 1. The second kappa shape index (κ2) is 8.29. The fourth-order valence-electron chi connectivity index (χ4n) is 1.48. The zero-order chi connectivity index (χ0) is 14.3. The highest BCUT2D eigenvalue weighted by Gasteiger charge is 2.16. The van der Waals surface area contributed by atoms with Gasteiger partial charge in [-0.3, -0.25) is 9.59 Å². The molecule has 0 unspecified atom stereocenters. The normalized spacial score (nSPS) is 10.4. The van der Waals surface area contributed by atoms with Crippen molar-refractivity contribution in [3.05, 3.63) is 20.8 Å². The van der Waals surface area contributed by atoms with Crippen molar-refractivity contribution in [2.75, 3.05) is 20.3 Å². The van der Waals surface area contributed by atoms with Crippen LogP contribution in [-0.2, 0) is 20.9 Å². The van der Waals surface area contributed by atoms with Gasteiger partial charge in [0.05, 0.1) is 19.6 Å². The lowest BCUT2D eigenvalue weighted by atomic mass is 10.2. The summed E-state index contributed by atoms with van der Waals surface area (Å²) < 4.78 is 5.94. The number of rotatable bonds is 8. The van der Waals surface area contributed by atoms with Crippen LogP contribution in [0.3, 0.4) is 0 Å². The molecule has 1 rings (SSSR count). The van der Waals surface area contributed by atoms with E-state index >= 15 is 0 Å². The Morgan fingerprint density at radius 3 is 2.74 bits per heavy atom. The maximum Gasteiger partial charge on any atom is 0.303 e. The molecule has 1 N–H and O–H groups in total. The van der Waals surface area contributed by atoms with Gasteiger partial charge in [-0.2, -0.15) is 0 Å². The Morgan fingerprint density at radius 2 is 2.21 bits per heavy atom. The highest BCUT2D eigenvalue weighted by Crippen LogP contribution is 2.24. The van der Waals surface area contributed by atoms with E-state index in [9.17, 15) is 9.59 Å². The van der Waals surface area contributed by atoms with Crippen molar-refractivity contribution in [3.63, 3.8) is 0 Å². The second-order valence-corrected chi connectivity index (χ2v) is 5.75. The van der Waals surface area contributed by atoms with Crippen molar-refractivity contribution in [2.24, 2.45) is 0 Å². The van der Waals surface area contributed by atoms with Crippen molar-refractivity contribution in [2.45, 2.75) is 19.4 Å². The summed E-state index contributed by atoms with van der Waals surface area (Å²) in [6.45, 7) is 1.36. The van der Waals surface area contributed by atoms with E-state index in [2.05, 4.69) is 15.9 Å². The number of amides is 1. The predicted molar refractivity (Wildman–Crippen MR) is 76.2 cm³/mol. The third kappa shape index (κ3) is 5.71. The summed E-state index contributed by atoms with van der Waals surface area (Å²) >= 11 is 4.98. The Balaban J connectivity index is 2.62. The summed E-state index contributed by atoms with van der Waals surface area (Å²) in [5.74, 6) is -1.13. The predicted octanol–water partition coefficient (Wildman–Crippen LogP) is 2.35. The number of carbonyl (C=O) groups is 2. The minimum Gasteiger partial charge on any atom is -0.481 e. The van der Waals surface area contributed by atoms with Crippen LogP contribution >= 0.6 is 27.3 Å². The van der Waals surface area contributed by atoms with Crippen LogP contribution < -0.4 is 0 Å². The van der Waals surface area contributed by atoms with Gasteiger partial charge in [-0.1, -0.05) is 0 Å². The van der Waals surface area contributed by atoms with Gasteiger partial charge in [0.1, 0.15) is 0 Å². The summed E-state index contributed by atoms with van der Waals surface area (Å²) in [5, 5.41) is 10.6. The number of aliphatic carboxylic acids is 1. The average molecular weight is 350 g/mol. The molecule has 0 atom stereocenters. The molecule has 0 aliphatic rings. The molecule has 1 heterocycles. The Kier molecular flexibility index (Phi) is 7.04. The van der Waals surface area contributed by atoms with Crippen molar-refractivity contribution >= 4 is 39.1 Å². The molecule has 0 saturated carbocycles. The molecule has 5 nitrogen and oxygen atoms in total. The maximum absolute atomic E-state index is 12.0. The number of carboxylic acid groups (broad SMARTS) is 1. The van der Waals surface area contributed by atoms with Gasteiger partial charge >= 0.3 is 5.97 Å². The zero-order valence-corrected chi connectivity index (χ0v) is 13.0. The molecule has 0 aromatic carbocycles. The third-order valence-corrected chi connectivity index (χ3v) is 4.41. The molecule has 1 aromatic rings. The van der Waals surface area contributed by atoms with Crippen LogP contribution in [0, 0.1) is 0 Å². The van der Waals surface area contributed by atoms with Gasteiger partial charge in [0.15, 0.2) is 0 Å². The summed E-state index contributed by atoms with van der Waals surface area (Å²) in [6, 6.07) is 1.93. The molecule has 7 heteroatoms. The largest absolute Gasteiger partial charge is 0.481 e. The van der Waals surface area contributed by atoms with E-state index in [1.165, 1.54) is 0 Å². The van der Waals surface area contributed by atoms with Crippen molar-refractivity contribution < 1.29 is 19.4 Å². The van der Waals surface area contributed by atoms with E-state index in [0.717, 1.165) is 9.35 Å². The van der Waals surface area contributed by atoms with Gasteiger partial charge in [0.25, 0.3) is 0 Å². The standard InChI is InChI=1S/C12H16BrNO4S/c1-18-6-5-14(11(15)2-3-12(16)17)8-10-9(13)4-7-19-10/h4,7H,2-3,5-6,8H2,1H3,(H,16,17). The number of halogens is 1. The Hall–Kier alpha value is -0.920. The molecule has 0 spiro atoms. The molecule has 1 amide bonds. The number of ether oxygens (including phenoxy) is 1. The summed E-state index contributed by atoms with van der Waals surface area (Å²) in [6.07, 6.45) is -0.129. The fraction of sp³-hybridized carbons (Fsp3) is 0.500. The van der Waals surface area contributed by atoms with Gasteiger partial charge < -0.3 is 14.7 Å². The van der Waals surface area contributed by atoms with Crippen LogP contribution in [0.4, 0.5) is 0 Å². The fourth-order valence-corrected chi connectivity index (χ4v) is 2.97. The second-order valence-electron chi connectivity index (χ2n) is 3.89. The van der Waals surface area contributed by atoms with E-state index in [1.54, 1.807) is 23.3 Å². The molecule has 0 bridgehead atoms. The first kappa shape index (κ1) is 16.1. The summed E-state index contributed by atoms with van der Waals surface area (Å²) in [5.41, 5.74) is 0. The van der Waals surface area contributed by atoms with Crippen LogP contribution in [0.5, 0.6) is 0 Å². The first-order valence-corrected chi connectivity index (χ1v) is 7.42. The molecule has 0 radical (unpaired) electrons. The van der Waals surface area contributed by atoms with Gasteiger partial charge in [-0.15, -0.1) is 11.3 Å². The van der Waals surface area contributed by atoms with E-state index in [-0.39, 0.29) is 18.7 Å². The number of hydrogen-bond donors (Lipinski definition) is 1. The number of hydrogen-bond acceptors (Lipinski definition) is 4. The molecule has 0 saturated heterocycles. The first-order chi connectivity index (χ1) is 9.04. The van der Waals surface area contributed by atoms with E-state index in [4.69, 9.17) is 9.84 Å². The minimum atomic E-state index is -0.961. The Morgan fingerprint density at radius 1 is 1.47 bits per heavy atom. The highest BCUT2D eigenvalue weighted by molar-refractivity contribution is 9.10. The van der Waals surface area contributed by atoms with Gasteiger partial charge in [0.2, 0.25) is 5.91 Å². The maximum atomic E-state index is 12.0. The lowest BCUT2D eigenvalue weighted by Crippen LogP contribution is -2.33. The molecular formula is C12H16BrNO4S. The number of carbonyl (C=O) groups excluding carboxylic acids is 1. The Labute approximate surface area is 124 Å². The molecule has 106 valence electrons. The first-order valence-electron chi connectivity index (χ1n) is 5.75. The SMILES string of the molecule is COCCN(Cc1sccc1Br)C(=O)CCC(=O)O. The smallest absolute Gasteiger partial charge is 0.303 e. The Bertz CT molecular complexity index is 435. The van der Waals surface area contributed by atoms with Gasteiger partial charge in [-0.05, 0) is 27.4 Å². The monoisotopic (exact) mass is 349 g/mol. The molecule has 0 aliphatic heterocycles. The average Bonchev–Trinajstić information content (AvgIpc) is 2.77. The van der Waals surface area contributed by atoms with Crippen molar-refractivity contribution in [1.29, 1.82) is 0 Å². The minimum absolute atomic E-state index is 0.0159. The van der Waals surface area contributed by atoms with E-state index in [1.807, 2.05) is 11.4 Å². The number of nitrogens with zero attached hydrogens (tertiary/aromatic N) is 1. The molecule has 0 aliphatic carbocycles. The molecular weight excluding hydrogens is 334 g/mol. The highest BCUT2D eigenvalue weighted by atomic mass is 79.9. The van der Waals surface area contributed by atoms with Gasteiger partial charge in [0, 0.05) is 29.4 Å². The summed E-state index contributed by atoms with van der Waals surface area (Å²) in [7, 11) is 1.57. The van der Waals surface area contributed by atoms with E-state index in [0.29, 0.717) is 19.7 Å². The van der Waals surface area contributed by atoms with Crippen molar-refractivity contribution in [1.82, 2.24) is 4.90 Å². The molecule has 19 heavy (non-hydrogen) atoms. The van der Waals surface area contributed by atoms with Crippen LogP contribution in [0.15, 0.2) is 15.9 Å². The summed E-state index contributed by atoms with van der Waals surface area (Å²) in [4.78, 5) is 25.2. The zero-order valence-electron chi connectivity index (χ0n) is 10.6. The topological polar surface area (TPSA) is 66.8 Å². The quantitative estimate of drug-likeness (QED) is 0.782. The third-order valence-electron chi connectivity index (χ3n) is 2.50. The number of carboxylic acids is 1. The van der Waals surface area contributed by atoms with Crippen LogP contribution in [0.1, 0.15) is 17.7 Å². The lowest BCUT2D eigenvalue weighted by Gasteiger charge is -2.21. The molecule has 1 aromatic heterocycles. The van der Waals surface area contributed by atoms with Crippen LogP contribution in [0.2, 0.25) is 0 Å². The van der Waals surface area contributed by atoms with E-state index < -0.39 is 5.97 Å². The van der Waals surface area contributed by atoms with Crippen LogP contribution in [-0.4, -0.2) is 42.1 Å². The van der Waals surface area contributed by atoms with Crippen molar-refractivity contribution in [3.8, 4) is 0 Å². The van der Waals surface area contributed by atoms with Crippen LogP contribution in [0.25, 0.3) is 0 Å². The number of thiophene rings is 1. The van der Waals surface area contributed by atoms with Gasteiger partial charge in [-0.25, -0.2) is 0 Å². The lowest BCUT2D eigenvalue weighted by molar-refractivity contribution is -0.141. The molecule has 0 fully saturated rings.